The highest BCUT2D eigenvalue weighted by atomic mass is 127. The smallest absolute Gasteiger partial charge is 0.363 e. The van der Waals surface area contributed by atoms with E-state index >= 15 is 0 Å². The average Bonchev–Trinajstić information content (AvgIpc) is 3.00. The van der Waals surface area contributed by atoms with E-state index in [1.54, 1.807) is 18.2 Å². The van der Waals surface area contributed by atoms with Gasteiger partial charge in [-0.25, -0.2) is 9.79 Å². The number of carbonyl (C=O) groups is 1. The lowest BCUT2D eigenvalue weighted by Gasteiger charge is -2.01. The van der Waals surface area contributed by atoms with Gasteiger partial charge in [-0.2, -0.15) is 0 Å². The summed E-state index contributed by atoms with van der Waals surface area (Å²) in [7, 11) is 0. The van der Waals surface area contributed by atoms with E-state index in [0.29, 0.717) is 10.4 Å². The van der Waals surface area contributed by atoms with Crippen molar-refractivity contribution in [3.63, 3.8) is 0 Å². The van der Waals surface area contributed by atoms with Crippen LogP contribution in [0.2, 0.25) is 0 Å². The Bertz CT molecular complexity index is 795. The Hall–Kier alpha value is -0.930. The molecule has 1 aliphatic rings. The number of aliphatic imine (C=N–C) groups is 1. The summed E-state index contributed by atoms with van der Waals surface area (Å²) in [5.41, 5.74) is 0.946. The van der Waals surface area contributed by atoms with Gasteiger partial charge in [0, 0.05) is 19.7 Å². The number of nitrogens with zero attached hydrogens (tertiary/aromatic N) is 1. The highest BCUT2D eigenvalue weighted by Gasteiger charge is 2.24. The van der Waals surface area contributed by atoms with Gasteiger partial charge in [-0.15, -0.1) is 0 Å². The van der Waals surface area contributed by atoms with E-state index in [1.165, 1.54) is 0 Å². The number of hydrogen-bond donors (Lipinski definition) is 0. The molecule has 0 bridgehead atoms. The van der Waals surface area contributed by atoms with Crippen LogP contribution in [0.4, 0.5) is 0 Å². The monoisotopic (exact) mass is 521 g/mol. The average molecular weight is 523 g/mol. The molecular formula is C14H6Br2INO3. The lowest BCUT2D eigenvalue weighted by atomic mass is 10.2. The number of hydrogen-bond acceptors (Lipinski definition) is 4. The third-order valence-corrected chi connectivity index (χ3v) is 5.42. The molecule has 0 spiro atoms. The standard InChI is InChI=1S/C14H6Br2INO3/c15-9-5-7(1-3-10(9)17)13-18-11(14(19)21-13)6-8-2-4-12(16)20-8/h1-6H/b11-6-. The Kier molecular flexibility index (Phi) is 4.32. The van der Waals surface area contributed by atoms with Gasteiger partial charge in [-0.3, -0.25) is 0 Å². The first kappa shape index (κ1) is 15.0. The van der Waals surface area contributed by atoms with Crippen LogP contribution in [0.3, 0.4) is 0 Å². The zero-order valence-electron chi connectivity index (χ0n) is 10.3. The molecule has 0 atom stereocenters. The van der Waals surface area contributed by atoms with Gasteiger partial charge in [-0.05, 0) is 84.8 Å². The molecule has 2 heterocycles. The maximum Gasteiger partial charge on any atom is 0.363 e. The highest BCUT2D eigenvalue weighted by Crippen LogP contribution is 2.25. The molecular weight excluding hydrogens is 517 g/mol. The van der Waals surface area contributed by atoms with E-state index in [2.05, 4.69) is 59.4 Å². The van der Waals surface area contributed by atoms with Crippen LogP contribution in [0.1, 0.15) is 11.3 Å². The summed E-state index contributed by atoms with van der Waals surface area (Å²) in [6.45, 7) is 0. The Morgan fingerprint density at radius 1 is 1.19 bits per heavy atom. The number of halogens is 3. The topological polar surface area (TPSA) is 51.8 Å². The third-order valence-electron chi connectivity index (χ3n) is 2.66. The molecule has 0 aliphatic carbocycles. The van der Waals surface area contributed by atoms with Gasteiger partial charge in [0.2, 0.25) is 5.90 Å². The molecule has 0 radical (unpaired) electrons. The SMILES string of the molecule is O=C1OC(c2ccc(I)c(Br)c2)=N/C1=C\c1ccc(Br)o1. The van der Waals surface area contributed by atoms with Crippen molar-refractivity contribution in [3.05, 3.63) is 60.1 Å². The molecule has 0 fully saturated rings. The number of cyclic esters (lactones) is 1. The summed E-state index contributed by atoms with van der Waals surface area (Å²) >= 11 is 8.86. The molecule has 0 saturated heterocycles. The minimum atomic E-state index is -0.493. The largest absolute Gasteiger partial charge is 0.450 e. The number of ether oxygens (including phenoxy) is 1. The van der Waals surface area contributed by atoms with Gasteiger partial charge in [0.1, 0.15) is 5.76 Å². The van der Waals surface area contributed by atoms with Crippen molar-refractivity contribution in [1.29, 1.82) is 0 Å². The molecule has 0 amide bonds. The minimum absolute atomic E-state index is 0.210. The molecule has 0 unspecified atom stereocenters. The number of carbonyl (C=O) groups excluding carboxylic acids is 1. The molecule has 0 N–H and O–H groups in total. The third kappa shape index (κ3) is 3.29. The van der Waals surface area contributed by atoms with Crippen LogP contribution < -0.4 is 0 Å². The quantitative estimate of drug-likeness (QED) is 0.325. The summed E-state index contributed by atoms with van der Waals surface area (Å²) in [4.78, 5) is 16.1. The van der Waals surface area contributed by atoms with E-state index in [-0.39, 0.29) is 11.6 Å². The maximum atomic E-state index is 11.8. The number of furan rings is 1. The Morgan fingerprint density at radius 2 is 2.00 bits per heavy atom. The zero-order chi connectivity index (χ0) is 15.0. The van der Waals surface area contributed by atoms with Gasteiger partial charge in [0.15, 0.2) is 10.4 Å². The van der Waals surface area contributed by atoms with Gasteiger partial charge in [0.25, 0.3) is 0 Å². The van der Waals surface area contributed by atoms with Gasteiger partial charge in [-0.1, -0.05) is 0 Å². The lowest BCUT2D eigenvalue weighted by molar-refractivity contribution is -0.129. The van der Waals surface area contributed by atoms with Crippen molar-refractivity contribution in [2.75, 3.05) is 0 Å². The van der Waals surface area contributed by atoms with Crippen LogP contribution in [0.25, 0.3) is 6.08 Å². The lowest BCUT2D eigenvalue weighted by Crippen LogP contribution is -2.05. The van der Waals surface area contributed by atoms with Crippen LogP contribution >= 0.6 is 54.5 Å². The molecule has 21 heavy (non-hydrogen) atoms. The maximum absolute atomic E-state index is 11.8. The molecule has 0 saturated carbocycles. The van der Waals surface area contributed by atoms with E-state index in [0.717, 1.165) is 13.6 Å². The fourth-order valence-electron chi connectivity index (χ4n) is 1.70. The first-order chi connectivity index (χ1) is 10.0. The van der Waals surface area contributed by atoms with Crippen molar-refractivity contribution in [2.24, 2.45) is 4.99 Å². The van der Waals surface area contributed by atoms with Crippen molar-refractivity contribution in [2.45, 2.75) is 0 Å². The number of esters is 1. The number of rotatable bonds is 2. The molecule has 106 valence electrons. The second-order valence-corrected chi connectivity index (χ2v) is 6.90. The Balaban J connectivity index is 1.95. The van der Waals surface area contributed by atoms with Crippen molar-refractivity contribution >= 4 is 72.4 Å². The van der Waals surface area contributed by atoms with Crippen LogP contribution in [-0.4, -0.2) is 11.9 Å². The van der Waals surface area contributed by atoms with E-state index in [4.69, 9.17) is 9.15 Å². The first-order valence-corrected chi connectivity index (χ1v) is 8.43. The normalized spacial score (nSPS) is 16.2. The number of benzene rings is 1. The highest BCUT2D eigenvalue weighted by molar-refractivity contribution is 14.1. The van der Waals surface area contributed by atoms with Crippen LogP contribution in [-0.2, 0) is 9.53 Å². The van der Waals surface area contributed by atoms with Gasteiger partial charge in [0.05, 0.1) is 0 Å². The van der Waals surface area contributed by atoms with E-state index in [9.17, 15) is 4.79 Å². The molecule has 3 rings (SSSR count). The van der Waals surface area contributed by atoms with Crippen molar-refractivity contribution < 1.29 is 13.9 Å². The van der Waals surface area contributed by atoms with Gasteiger partial charge >= 0.3 is 5.97 Å². The van der Waals surface area contributed by atoms with Crippen LogP contribution in [0.5, 0.6) is 0 Å². The predicted octanol–water partition coefficient (Wildman–Crippen LogP) is 4.75. The molecule has 1 aromatic carbocycles. The van der Waals surface area contributed by atoms with Crippen molar-refractivity contribution in [1.82, 2.24) is 0 Å². The second-order valence-electron chi connectivity index (χ2n) is 4.11. The predicted molar refractivity (Wildman–Crippen MR) is 93.9 cm³/mol. The summed E-state index contributed by atoms with van der Waals surface area (Å²) in [6.07, 6.45) is 1.54. The van der Waals surface area contributed by atoms with E-state index in [1.807, 2.05) is 18.2 Å². The summed E-state index contributed by atoms with van der Waals surface area (Å²) in [5, 5.41) is 0. The zero-order valence-corrected chi connectivity index (χ0v) is 15.6. The Morgan fingerprint density at radius 3 is 2.67 bits per heavy atom. The first-order valence-electron chi connectivity index (χ1n) is 5.76. The molecule has 7 heteroatoms. The molecule has 1 aliphatic heterocycles. The van der Waals surface area contributed by atoms with E-state index < -0.39 is 5.97 Å². The molecule has 1 aromatic heterocycles. The summed E-state index contributed by atoms with van der Waals surface area (Å²) in [6, 6.07) is 9.11. The minimum Gasteiger partial charge on any atom is -0.450 e. The summed E-state index contributed by atoms with van der Waals surface area (Å²) in [5.74, 6) is 0.323. The summed E-state index contributed by atoms with van der Waals surface area (Å²) < 4.78 is 13.1. The fraction of sp³-hybridized carbons (Fsp3) is 0. The molecule has 2 aromatic rings. The van der Waals surface area contributed by atoms with Gasteiger partial charge < -0.3 is 9.15 Å². The second kappa shape index (κ2) is 6.05. The Labute approximate surface area is 150 Å². The fourth-order valence-corrected chi connectivity index (χ4v) is 2.74. The van der Waals surface area contributed by atoms with Crippen LogP contribution in [0.15, 0.2) is 54.6 Å². The molecule has 4 nitrogen and oxygen atoms in total. The van der Waals surface area contributed by atoms with Crippen molar-refractivity contribution in [3.8, 4) is 0 Å². The van der Waals surface area contributed by atoms with Crippen LogP contribution in [0, 0.1) is 3.57 Å².